The molecule has 1 amide bonds. The van der Waals surface area contributed by atoms with Crippen LogP contribution in [0.25, 0.3) is 0 Å². The number of hydrogen-bond donors (Lipinski definition) is 1. The molecule has 0 radical (unpaired) electrons. The van der Waals surface area contributed by atoms with Crippen molar-refractivity contribution in [2.24, 2.45) is 0 Å². The first-order valence-electron chi connectivity index (χ1n) is 8.88. The maximum Gasteiger partial charge on any atom is 0.233 e. The second kappa shape index (κ2) is 7.75. The zero-order chi connectivity index (χ0) is 19.6. The molecule has 1 aromatic carbocycles. The van der Waals surface area contributed by atoms with Gasteiger partial charge in [-0.2, -0.15) is 0 Å². The molecule has 0 saturated carbocycles. The molecule has 0 spiro atoms. The lowest BCUT2D eigenvalue weighted by molar-refractivity contribution is -0.128. The van der Waals surface area contributed by atoms with Gasteiger partial charge in [0.25, 0.3) is 0 Å². The Hall–Kier alpha value is -2.29. The number of piperazine rings is 1. The summed E-state index contributed by atoms with van der Waals surface area (Å²) in [6.07, 6.45) is 0. The molecule has 0 bridgehead atoms. The van der Waals surface area contributed by atoms with E-state index < -0.39 is 0 Å². The van der Waals surface area contributed by atoms with E-state index in [1.54, 1.807) is 17.0 Å². The van der Waals surface area contributed by atoms with Crippen LogP contribution in [0, 0.1) is 5.82 Å². The molecule has 2 aromatic rings. The second-order valence-corrected chi connectivity index (χ2v) is 8.48. The van der Waals surface area contributed by atoms with Crippen LogP contribution in [0.4, 0.5) is 10.1 Å². The SMILES string of the molecule is CC(C)(C)c1nnc(SCC(=O)N2CCN(c3ccccc3F)CC2)n1N. The summed E-state index contributed by atoms with van der Waals surface area (Å²) < 4.78 is 15.4. The molecule has 0 aliphatic carbocycles. The number of benzene rings is 1. The predicted molar refractivity (Wildman–Crippen MR) is 105 cm³/mol. The minimum atomic E-state index is -0.232. The van der Waals surface area contributed by atoms with Crippen molar-refractivity contribution < 1.29 is 9.18 Å². The number of nitrogen functional groups attached to an aromatic ring is 1. The van der Waals surface area contributed by atoms with Gasteiger partial charge in [-0.25, -0.2) is 9.07 Å². The second-order valence-electron chi connectivity index (χ2n) is 7.53. The quantitative estimate of drug-likeness (QED) is 0.632. The third-order valence-corrected chi connectivity index (χ3v) is 5.41. The molecule has 1 aliphatic rings. The van der Waals surface area contributed by atoms with Crippen LogP contribution in [0.2, 0.25) is 0 Å². The minimum Gasteiger partial charge on any atom is -0.366 e. The van der Waals surface area contributed by atoms with E-state index in [0.717, 1.165) is 0 Å². The summed E-state index contributed by atoms with van der Waals surface area (Å²) in [5, 5.41) is 8.75. The van der Waals surface area contributed by atoms with Crippen molar-refractivity contribution in [1.82, 2.24) is 19.8 Å². The number of anilines is 1. The zero-order valence-corrected chi connectivity index (χ0v) is 16.7. The Balaban J connectivity index is 1.53. The number of thioether (sulfide) groups is 1. The average molecular weight is 393 g/mol. The number of carbonyl (C=O) groups is 1. The fourth-order valence-corrected chi connectivity index (χ4v) is 3.77. The third-order valence-electron chi connectivity index (χ3n) is 4.49. The Bertz CT molecular complexity index is 810. The van der Waals surface area contributed by atoms with Crippen molar-refractivity contribution >= 4 is 23.4 Å². The van der Waals surface area contributed by atoms with Crippen molar-refractivity contribution in [3.8, 4) is 0 Å². The summed E-state index contributed by atoms with van der Waals surface area (Å²) >= 11 is 1.28. The monoisotopic (exact) mass is 392 g/mol. The average Bonchev–Trinajstić information content (AvgIpc) is 3.01. The first kappa shape index (κ1) is 19.5. The number of hydrogen-bond acceptors (Lipinski definition) is 6. The van der Waals surface area contributed by atoms with E-state index in [9.17, 15) is 9.18 Å². The van der Waals surface area contributed by atoms with Crippen molar-refractivity contribution in [1.29, 1.82) is 0 Å². The van der Waals surface area contributed by atoms with E-state index >= 15 is 0 Å². The van der Waals surface area contributed by atoms with Gasteiger partial charge in [-0.05, 0) is 12.1 Å². The Morgan fingerprint density at radius 2 is 1.85 bits per heavy atom. The van der Waals surface area contributed by atoms with Gasteiger partial charge in [-0.3, -0.25) is 4.79 Å². The topological polar surface area (TPSA) is 80.3 Å². The molecule has 2 heterocycles. The standard InChI is InChI=1S/C18H25FN6OS/c1-18(2,3)16-21-22-17(25(16)20)27-12-15(26)24-10-8-23(9-11-24)14-7-5-4-6-13(14)19/h4-7H,8-12,20H2,1-3H3. The van der Waals surface area contributed by atoms with E-state index in [0.29, 0.717) is 42.8 Å². The van der Waals surface area contributed by atoms with Crippen molar-refractivity contribution in [3.63, 3.8) is 0 Å². The summed E-state index contributed by atoms with van der Waals surface area (Å²) in [6, 6.07) is 6.72. The smallest absolute Gasteiger partial charge is 0.233 e. The van der Waals surface area contributed by atoms with Crippen LogP contribution in [0.3, 0.4) is 0 Å². The number of amides is 1. The summed E-state index contributed by atoms with van der Waals surface area (Å²) in [7, 11) is 0. The fraction of sp³-hybridized carbons (Fsp3) is 0.500. The Morgan fingerprint density at radius 3 is 2.44 bits per heavy atom. The van der Waals surface area contributed by atoms with Crippen LogP contribution < -0.4 is 10.7 Å². The van der Waals surface area contributed by atoms with Gasteiger partial charge in [0.15, 0.2) is 5.82 Å². The highest BCUT2D eigenvalue weighted by atomic mass is 32.2. The van der Waals surface area contributed by atoms with Crippen LogP contribution in [-0.2, 0) is 10.2 Å². The van der Waals surface area contributed by atoms with Crippen LogP contribution in [-0.4, -0.2) is 57.6 Å². The molecule has 1 fully saturated rings. The maximum absolute atomic E-state index is 13.9. The highest BCUT2D eigenvalue weighted by molar-refractivity contribution is 7.99. The van der Waals surface area contributed by atoms with Gasteiger partial charge in [0.2, 0.25) is 11.1 Å². The Kier molecular flexibility index (Phi) is 5.59. The lowest BCUT2D eigenvalue weighted by Gasteiger charge is -2.36. The van der Waals surface area contributed by atoms with Crippen molar-refractivity contribution in [2.75, 3.05) is 42.7 Å². The van der Waals surface area contributed by atoms with E-state index in [4.69, 9.17) is 5.84 Å². The van der Waals surface area contributed by atoms with Gasteiger partial charge in [0.1, 0.15) is 5.82 Å². The number of nitrogens with two attached hydrogens (primary N) is 1. The number of para-hydroxylation sites is 1. The minimum absolute atomic E-state index is 0.0218. The molecule has 7 nitrogen and oxygen atoms in total. The fourth-order valence-electron chi connectivity index (χ4n) is 3.01. The molecule has 9 heteroatoms. The van der Waals surface area contributed by atoms with E-state index in [-0.39, 0.29) is 22.9 Å². The van der Waals surface area contributed by atoms with Crippen LogP contribution in [0.15, 0.2) is 29.4 Å². The molecule has 0 atom stereocenters. The van der Waals surface area contributed by atoms with Gasteiger partial charge in [-0.1, -0.05) is 44.7 Å². The molecular weight excluding hydrogens is 367 g/mol. The van der Waals surface area contributed by atoms with E-state index in [2.05, 4.69) is 10.2 Å². The number of halogens is 1. The highest BCUT2D eigenvalue weighted by Crippen LogP contribution is 2.24. The molecule has 1 aliphatic heterocycles. The third kappa shape index (κ3) is 4.35. The number of carbonyl (C=O) groups excluding carboxylic acids is 1. The lowest BCUT2D eigenvalue weighted by Crippen LogP contribution is -2.49. The Labute approximate surface area is 162 Å². The molecule has 2 N–H and O–H groups in total. The Morgan fingerprint density at radius 1 is 1.19 bits per heavy atom. The molecule has 146 valence electrons. The van der Waals surface area contributed by atoms with Gasteiger partial charge in [-0.15, -0.1) is 10.2 Å². The highest BCUT2D eigenvalue weighted by Gasteiger charge is 2.25. The first-order valence-corrected chi connectivity index (χ1v) is 9.87. The van der Waals surface area contributed by atoms with E-state index in [1.807, 2.05) is 31.7 Å². The largest absolute Gasteiger partial charge is 0.366 e. The summed E-state index contributed by atoms with van der Waals surface area (Å²) in [6.45, 7) is 8.38. The number of rotatable bonds is 4. The van der Waals surface area contributed by atoms with Gasteiger partial charge < -0.3 is 15.6 Å². The van der Waals surface area contributed by atoms with Gasteiger partial charge in [0.05, 0.1) is 11.4 Å². The van der Waals surface area contributed by atoms with E-state index in [1.165, 1.54) is 22.5 Å². The summed E-state index contributed by atoms with van der Waals surface area (Å²) in [5.74, 6) is 6.77. The zero-order valence-electron chi connectivity index (χ0n) is 15.9. The maximum atomic E-state index is 13.9. The normalized spacial score (nSPS) is 15.3. The molecule has 1 aromatic heterocycles. The molecule has 27 heavy (non-hydrogen) atoms. The van der Waals surface area contributed by atoms with Crippen LogP contribution >= 0.6 is 11.8 Å². The number of nitrogens with zero attached hydrogens (tertiary/aromatic N) is 5. The van der Waals surface area contributed by atoms with Crippen LogP contribution in [0.1, 0.15) is 26.6 Å². The van der Waals surface area contributed by atoms with Crippen LogP contribution in [0.5, 0.6) is 0 Å². The van der Waals surface area contributed by atoms with Gasteiger partial charge in [0, 0.05) is 31.6 Å². The molecule has 3 rings (SSSR count). The van der Waals surface area contributed by atoms with Crippen molar-refractivity contribution in [2.45, 2.75) is 31.3 Å². The van der Waals surface area contributed by atoms with Gasteiger partial charge >= 0.3 is 0 Å². The molecule has 0 unspecified atom stereocenters. The first-order chi connectivity index (χ1) is 12.8. The molecular formula is C18H25FN6OS. The summed E-state index contributed by atoms with van der Waals surface area (Å²) in [5.41, 5.74) is 0.373. The molecule has 1 saturated heterocycles. The predicted octanol–water partition coefficient (Wildman–Crippen LogP) is 1.87. The lowest BCUT2D eigenvalue weighted by atomic mass is 9.96. The summed E-state index contributed by atoms with van der Waals surface area (Å²) in [4.78, 5) is 16.3. The number of aromatic nitrogens is 3. The van der Waals surface area contributed by atoms with Crippen molar-refractivity contribution in [3.05, 3.63) is 35.9 Å².